The topological polar surface area (TPSA) is 29.9 Å². The Morgan fingerprint density at radius 2 is 2.43 bits per heavy atom. The minimum atomic E-state index is 0.686. The molecule has 1 atom stereocenters. The number of aryl methyl sites for hydroxylation is 1. The largest absolute Gasteiger partial charge is 0.314 e. The Hall–Kier alpha value is -0.830. The van der Waals surface area contributed by atoms with Crippen LogP contribution in [-0.4, -0.2) is 22.4 Å². The summed E-state index contributed by atoms with van der Waals surface area (Å²) in [5, 5.41) is 7.93. The van der Waals surface area contributed by atoms with Crippen molar-refractivity contribution >= 4 is 0 Å². The number of rotatable bonds is 5. The van der Waals surface area contributed by atoms with Crippen molar-refractivity contribution in [3.05, 3.63) is 18.0 Å². The summed E-state index contributed by atoms with van der Waals surface area (Å²) in [6.07, 6.45) is 5.84. The van der Waals surface area contributed by atoms with Crippen LogP contribution >= 0.6 is 0 Å². The molecule has 1 aromatic rings. The maximum absolute atomic E-state index is 4.38. The summed E-state index contributed by atoms with van der Waals surface area (Å²) in [5.74, 6) is 0.686. The zero-order valence-corrected chi connectivity index (χ0v) is 9.03. The second-order valence-electron chi connectivity index (χ2n) is 4.47. The van der Waals surface area contributed by atoms with E-state index in [1.165, 1.54) is 18.5 Å². The lowest BCUT2D eigenvalue weighted by molar-refractivity contribution is 0.501. The highest BCUT2D eigenvalue weighted by Gasteiger charge is 2.20. The van der Waals surface area contributed by atoms with Gasteiger partial charge in [-0.3, -0.25) is 4.68 Å². The summed E-state index contributed by atoms with van der Waals surface area (Å²) in [5.41, 5.74) is 1.21. The third-order valence-corrected chi connectivity index (χ3v) is 2.66. The summed E-state index contributed by atoms with van der Waals surface area (Å²) in [7, 11) is 1.97. The number of hydrogen-bond acceptors (Lipinski definition) is 2. The van der Waals surface area contributed by atoms with Gasteiger partial charge in [0.2, 0.25) is 0 Å². The molecule has 3 nitrogen and oxygen atoms in total. The molecule has 1 fully saturated rings. The van der Waals surface area contributed by atoms with Crippen LogP contribution in [0.2, 0.25) is 0 Å². The Kier molecular flexibility index (Phi) is 2.87. The first kappa shape index (κ1) is 9.71. The van der Waals surface area contributed by atoms with E-state index in [0.717, 1.165) is 19.0 Å². The van der Waals surface area contributed by atoms with Crippen molar-refractivity contribution in [2.24, 2.45) is 13.0 Å². The van der Waals surface area contributed by atoms with Crippen molar-refractivity contribution in [1.29, 1.82) is 0 Å². The van der Waals surface area contributed by atoms with Crippen LogP contribution in [0.25, 0.3) is 0 Å². The zero-order chi connectivity index (χ0) is 9.97. The molecular weight excluding hydrogens is 174 g/mol. The molecule has 1 aliphatic rings. The zero-order valence-electron chi connectivity index (χ0n) is 9.03. The van der Waals surface area contributed by atoms with Crippen molar-refractivity contribution < 1.29 is 0 Å². The molecule has 0 saturated heterocycles. The quantitative estimate of drug-likeness (QED) is 0.765. The van der Waals surface area contributed by atoms with Crippen molar-refractivity contribution in [3.8, 4) is 0 Å². The Morgan fingerprint density at radius 3 is 3.00 bits per heavy atom. The van der Waals surface area contributed by atoms with Gasteiger partial charge in [-0.2, -0.15) is 5.10 Å². The number of hydrogen-bond donors (Lipinski definition) is 1. The Balaban J connectivity index is 1.72. The van der Waals surface area contributed by atoms with Gasteiger partial charge < -0.3 is 5.32 Å². The van der Waals surface area contributed by atoms with Gasteiger partial charge in [-0.25, -0.2) is 0 Å². The SMILES string of the molecule is CC(CNC1CC1)Cc1ccn(C)n1. The lowest BCUT2D eigenvalue weighted by atomic mass is 10.1. The van der Waals surface area contributed by atoms with E-state index in [1.54, 1.807) is 0 Å². The molecule has 14 heavy (non-hydrogen) atoms. The molecule has 1 aliphatic carbocycles. The van der Waals surface area contributed by atoms with Gasteiger partial charge in [0.25, 0.3) is 0 Å². The van der Waals surface area contributed by atoms with Crippen LogP contribution in [0.3, 0.4) is 0 Å². The van der Waals surface area contributed by atoms with Crippen LogP contribution in [0, 0.1) is 5.92 Å². The van der Waals surface area contributed by atoms with Gasteiger partial charge >= 0.3 is 0 Å². The molecule has 3 heteroatoms. The molecule has 0 bridgehead atoms. The minimum Gasteiger partial charge on any atom is -0.314 e. The lowest BCUT2D eigenvalue weighted by Gasteiger charge is -2.10. The molecular formula is C11H19N3. The lowest BCUT2D eigenvalue weighted by Crippen LogP contribution is -2.24. The fraction of sp³-hybridized carbons (Fsp3) is 0.727. The van der Waals surface area contributed by atoms with Crippen molar-refractivity contribution in [1.82, 2.24) is 15.1 Å². The molecule has 2 rings (SSSR count). The summed E-state index contributed by atoms with van der Waals surface area (Å²) >= 11 is 0. The normalized spacial score (nSPS) is 18.4. The molecule has 1 saturated carbocycles. The molecule has 1 N–H and O–H groups in total. The van der Waals surface area contributed by atoms with Gasteiger partial charge in [0, 0.05) is 19.3 Å². The fourth-order valence-electron chi connectivity index (χ4n) is 1.66. The highest BCUT2D eigenvalue weighted by atomic mass is 15.2. The van der Waals surface area contributed by atoms with Gasteiger partial charge in [-0.15, -0.1) is 0 Å². The molecule has 0 radical (unpaired) electrons. The van der Waals surface area contributed by atoms with Gasteiger partial charge in [0.15, 0.2) is 0 Å². The molecule has 0 aromatic carbocycles. The van der Waals surface area contributed by atoms with Crippen molar-refractivity contribution in [3.63, 3.8) is 0 Å². The second-order valence-corrected chi connectivity index (χ2v) is 4.47. The summed E-state index contributed by atoms with van der Waals surface area (Å²) in [6, 6.07) is 2.93. The Labute approximate surface area is 85.5 Å². The average molecular weight is 193 g/mol. The third-order valence-electron chi connectivity index (χ3n) is 2.66. The predicted octanol–water partition coefficient (Wildman–Crippen LogP) is 1.35. The maximum Gasteiger partial charge on any atom is 0.0627 e. The van der Waals surface area contributed by atoms with Crippen LogP contribution in [0.5, 0.6) is 0 Å². The van der Waals surface area contributed by atoms with Gasteiger partial charge in [0.1, 0.15) is 0 Å². The van der Waals surface area contributed by atoms with Crippen LogP contribution in [0.1, 0.15) is 25.5 Å². The summed E-state index contributed by atoms with van der Waals surface area (Å²) in [4.78, 5) is 0. The first-order valence-corrected chi connectivity index (χ1v) is 5.46. The fourth-order valence-corrected chi connectivity index (χ4v) is 1.66. The van der Waals surface area contributed by atoms with Crippen LogP contribution in [-0.2, 0) is 13.5 Å². The summed E-state index contributed by atoms with van der Waals surface area (Å²) in [6.45, 7) is 3.41. The second kappa shape index (κ2) is 4.13. The van der Waals surface area contributed by atoms with E-state index in [0.29, 0.717) is 5.92 Å². The van der Waals surface area contributed by atoms with Gasteiger partial charge in [-0.05, 0) is 37.8 Å². The van der Waals surface area contributed by atoms with E-state index < -0.39 is 0 Å². The molecule has 1 heterocycles. The standard InChI is InChI=1S/C11H19N3/c1-9(8-12-10-3-4-10)7-11-5-6-14(2)13-11/h5-6,9-10,12H,3-4,7-8H2,1-2H3. The molecule has 0 amide bonds. The van der Waals surface area contributed by atoms with Gasteiger partial charge in [0.05, 0.1) is 5.69 Å². The number of nitrogens with one attached hydrogen (secondary N) is 1. The first-order chi connectivity index (χ1) is 6.74. The van der Waals surface area contributed by atoms with Crippen molar-refractivity contribution in [2.75, 3.05) is 6.54 Å². The van der Waals surface area contributed by atoms with Crippen LogP contribution < -0.4 is 5.32 Å². The Morgan fingerprint density at radius 1 is 1.64 bits per heavy atom. The van der Waals surface area contributed by atoms with E-state index in [4.69, 9.17) is 0 Å². The highest BCUT2D eigenvalue weighted by Crippen LogP contribution is 2.19. The average Bonchev–Trinajstić information content (AvgIpc) is 2.88. The first-order valence-electron chi connectivity index (χ1n) is 5.46. The van der Waals surface area contributed by atoms with E-state index >= 15 is 0 Å². The molecule has 0 spiro atoms. The van der Waals surface area contributed by atoms with E-state index in [2.05, 4.69) is 23.4 Å². The molecule has 0 aliphatic heterocycles. The smallest absolute Gasteiger partial charge is 0.0627 e. The van der Waals surface area contributed by atoms with Crippen molar-refractivity contribution in [2.45, 2.75) is 32.2 Å². The predicted molar refractivity (Wildman–Crippen MR) is 57.1 cm³/mol. The van der Waals surface area contributed by atoms with Gasteiger partial charge in [-0.1, -0.05) is 6.92 Å². The minimum absolute atomic E-state index is 0.686. The highest BCUT2D eigenvalue weighted by molar-refractivity contribution is 4.99. The molecule has 1 aromatic heterocycles. The maximum atomic E-state index is 4.38. The summed E-state index contributed by atoms with van der Waals surface area (Å²) < 4.78 is 1.87. The van der Waals surface area contributed by atoms with E-state index in [9.17, 15) is 0 Å². The monoisotopic (exact) mass is 193 g/mol. The molecule has 1 unspecified atom stereocenters. The number of aromatic nitrogens is 2. The van der Waals surface area contributed by atoms with Crippen LogP contribution in [0.4, 0.5) is 0 Å². The number of nitrogens with zero attached hydrogens (tertiary/aromatic N) is 2. The third kappa shape index (κ3) is 2.84. The van der Waals surface area contributed by atoms with E-state index in [-0.39, 0.29) is 0 Å². The molecule has 78 valence electrons. The Bertz CT molecular complexity index is 288. The van der Waals surface area contributed by atoms with E-state index in [1.807, 2.05) is 17.9 Å². The van der Waals surface area contributed by atoms with Crippen LogP contribution in [0.15, 0.2) is 12.3 Å².